The summed E-state index contributed by atoms with van der Waals surface area (Å²) in [4.78, 5) is 20.8. The number of carbonyl (C=O) groups is 2. The van der Waals surface area contributed by atoms with E-state index in [2.05, 4.69) is 0 Å². The minimum Gasteiger partial charge on any atom is -0.395 e. The minimum absolute atomic E-state index is 0.276. The second-order valence-electron chi connectivity index (χ2n) is 1.57. The molecule has 1 unspecified atom stereocenters. The molecule has 1 saturated heterocycles. The van der Waals surface area contributed by atoms with Crippen molar-refractivity contribution in [1.29, 1.82) is 0 Å². The quantitative estimate of drug-likeness (QED) is 0.516. The van der Waals surface area contributed by atoms with Gasteiger partial charge in [0, 0.05) is 0 Å². The Morgan fingerprint density at radius 1 is 1.67 bits per heavy atom. The Morgan fingerprint density at radius 3 is 2.56 bits per heavy atom. The summed E-state index contributed by atoms with van der Waals surface area (Å²) in [6.07, 6.45) is 0. The molecule has 0 aliphatic carbocycles. The van der Waals surface area contributed by atoms with E-state index in [0.717, 1.165) is 11.8 Å². The summed E-state index contributed by atoms with van der Waals surface area (Å²) in [5.41, 5.74) is 0. The van der Waals surface area contributed by atoms with Crippen LogP contribution in [0, 0.1) is 0 Å². The molecule has 1 heterocycles. The third-order valence-corrected chi connectivity index (χ3v) is 1.90. The first-order chi connectivity index (χ1) is 4.24. The molecule has 50 valence electrons. The highest BCUT2D eigenvalue weighted by Crippen LogP contribution is 2.17. The number of aliphatic hydroxyl groups is 1. The molecule has 1 aliphatic heterocycles. The fraction of sp³-hybridized carbons (Fsp3) is 0.500. The second-order valence-corrected chi connectivity index (χ2v) is 2.74. The van der Waals surface area contributed by atoms with Gasteiger partial charge in [-0.05, 0) is 11.8 Å². The van der Waals surface area contributed by atoms with Gasteiger partial charge in [0.2, 0.25) is 5.91 Å². The molecular formula is C4H5NO3S. The van der Waals surface area contributed by atoms with Crippen molar-refractivity contribution in [2.24, 2.45) is 0 Å². The van der Waals surface area contributed by atoms with Crippen molar-refractivity contribution in [3.8, 4) is 0 Å². The van der Waals surface area contributed by atoms with E-state index >= 15 is 0 Å². The Hall–Kier alpha value is -0.550. The highest BCUT2D eigenvalue weighted by atomic mass is 32.2. The Balaban J connectivity index is 2.58. The Morgan fingerprint density at radius 2 is 2.33 bits per heavy atom. The predicted molar refractivity (Wildman–Crippen MR) is 32.0 cm³/mol. The number of imide groups is 1. The van der Waals surface area contributed by atoms with E-state index in [9.17, 15) is 9.59 Å². The third-order valence-electron chi connectivity index (χ3n) is 0.933. The van der Waals surface area contributed by atoms with Crippen LogP contribution in [0.25, 0.3) is 0 Å². The van der Waals surface area contributed by atoms with E-state index in [1.54, 1.807) is 0 Å². The maximum Gasteiger partial charge on any atom is 0.286 e. The van der Waals surface area contributed by atoms with Gasteiger partial charge < -0.3 is 5.11 Å². The summed E-state index contributed by atoms with van der Waals surface area (Å²) < 4.78 is 0. The fourth-order valence-corrected chi connectivity index (χ4v) is 1.17. The number of hydrogen-bond acceptors (Lipinski definition) is 4. The van der Waals surface area contributed by atoms with Gasteiger partial charge in [-0.1, -0.05) is 0 Å². The fourth-order valence-electron chi connectivity index (χ4n) is 0.513. The van der Waals surface area contributed by atoms with Crippen LogP contribution in [0.2, 0.25) is 0 Å². The van der Waals surface area contributed by atoms with Gasteiger partial charge >= 0.3 is 0 Å². The number of thioether (sulfide) groups is 1. The molecule has 0 aromatic carbocycles. The zero-order valence-electron chi connectivity index (χ0n) is 4.46. The molecule has 2 N–H and O–H groups in total. The highest BCUT2D eigenvalue weighted by Gasteiger charge is 2.30. The lowest BCUT2D eigenvalue weighted by Crippen LogP contribution is -2.26. The molecule has 0 radical (unpaired) electrons. The summed E-state index contributed by atoms with van der Waals surface area (Å²) >= 11 is 0.824. The molecule has 1 rings (SSSR count). The smallest absolute Gasteiger partial charge is 0.286 e. The summed E-state index contributed by atoms with van der Waals surface area (Å²) in [5, 5.41) is 9.50. The van der Waals surface area contributed by atoms with E-state index in [4.69, 9.17) is 5.11 Å². The SMILES string of the molecule is O=C1NC(=O)C(CO)S1. The zero-order chi connectivity index (χ0) is 6.85. The van der Waals surface area contributed by atoms with E-state index in [1.165, 1.54) is 0 Å². The standard InChI is InChI=1S/C4H5NO3S/c6-1-2-3(7)5-4(8)9-2/h2,6H,1H2,(H,5,7,8). The number of amides is 2. The summed E-state index contributed by atoms with van der Waals surface area (Å²) in [6, 6.07) is 0. The van der Waals surface area contributed by atoms with Crippen LogP contribution in [-0.4, -0.2) is 28.1 Å². The molecule has 5 heteroatoms. The van der Waals surface area contributed by atoms with Gasteiger partial charge in [-0.25, -0.2) is 0 Å². The molecule has 0 aromatic heterocycles. The maximum atomic E-state index is 10.5. The van der Waals surface area contributed by atoms with Gasteiger partial charge in [0.25, 0.3) is 5.24 Å². The molecule has 1 atom stereocenters. The van der Waals surface area contributed by atoms with Crippen molar-refractivity contribution in [3.05, 3.63) is 0 Å². The molecular weight excluding hydrogens is 142 g/mol. The van der Waals surface area contributed by atoms with E-state index in [1.807, 2.05) is 5.32 Å². The highest BCUT2D eigenvalue weighted by molar-refractivity contribution is 8.15. The van der Waals surface area contributed by atoms with Crippen LogP contribution in [0.3, 0.4) is 0 Å². The molecule has 9 heavy (non-hydrogen) atoms. The van der Waals surface area contributed by atoms with Gasteiger partial charge in [-0.3, -0.25) is 14.9 Å². The molecule has 0 saturated carbocycles. The molecule has 0 spiro atoms. The van der Waals surface area contributed by atoms with Crippen LogP contribution in [0.15, 0.2) is 0 Å². The molecule has 0 bridgehead atoms. The average molecular weight is 147 g/mol. The topological polar surface area (TPSA) is 66.4 Å². The number of rotatable bonds is 1. The minimum atomic E-state index is -0.586. The van der Waals surface area contributed by atoms with Crippen molar-refractivity contribution < 1.29 is 14.7 Å². The Kier molecular flexibility index (Phi) is 1.73. The van der Waals surface area contributed by atoms with Crippen LogP contribution in [0.5, 0.6) is 0 Å². The van der Waals surface area contributed by atoms with E-state index in [0.29, 0.717) is 0 Å². The van der Waals surface area contributed by atoms with Gasteiger partial charge in [0.1, 0.15) is 5.25 Å². The molecule has 2 amide bonds. The number of hydrogen-bond donors (Lipinski definition) is 2. The van der Waals surface area contributed by atoms with Crippen molar-refractivity contribution in [3.63, 3.8) is 0 Å². The van der Waals surface area contributed by atoms with Crippen LogP contribution in [0.4, 0.5) is 4.79 Å². The maximum absolute atomic E-state index is 10.5. The van der Waals surface area contributed by atoms with Crippen LogP contribution >= 0.6 is 11.8 Å². The third kappa shape index (κ3) is 1.22. The lowest BCUT2D eigenvalue weighted by atomic mass is 10.4. The van der Waals surface area contributed by atoms with Crippen molar-refractivity contribution in [2.75, 3.05) is 6.61 Å². The molecule has 0 aromatic rings. The first-order valence-corrected chi connectivity index (χ1v) is 3.24. The molecule has 1 aliphatic rings. The monoisotopic (exact) mass is 147 g/mol. The van der Waals surface area contributed by atoms with Crippen LogP contribution < -0.4 is 5.32 Å². The van der Waals surface area contributed by atoms with E-state index < -0.39 is 11.2 Å². The van der Waals surface area contributed by atoms with Gasteiger partial charge in [0.05, 0.1) is 6.61 Å². The van der Waals surface area contributed by atoms with Gasteiger partial charge in [-0.2, -0.15) is 0 Å². The van der Waals surface area contributed by atoms with Crippen molar-refractivity contribution >= 4 is 22.9 Å². The Bertz CT molecular complexity index is 158. The average Bonchev–Trinajstić information content (AvgIpc) is 2.10. The van der Waals surface area contributed by atoms with Gasteiger partial charge in [0.15, 0.2) is 0 Å². The predicted octanol–water partition coefficient (Wildman–Crippen LogP) is -0.670. The lowest BCUT2D eigenvalue weighted by Gasteiger charge is -1.94. The first-order valence-electron chi connectivity index (χ1n) is 2.36. The molecule has 1 fully saturated rings. The summed E-state index contributed by atoms with van der Waals surface area (Å²) in [6.45, 7) is -0.276. The van der Waals surface area contributed by atoms with Crippen molar-refractivity contribution in [2.45, 2.75) is 5.25 Å². The van der Waals surface area contributed by atoms with Crippen LogP contribution in [0.1, 0.15) is 0 Å². The normalized spacial score (nSPS) is 26.6. The lowest BCUT2D eigenvalue weighted by molar-refractivity contribution is -0.119. The van der Waals surface area contributed by atoms with Crippen LogP contribution in [-0.2, 0) is 4.79 Å². The summed E-state index contributed by atoms with van der Waals surface area (Å²) in [5.74, 6) is -0.396. The largest absolute Gasteiger partial charge is 0.395 e. The first kappa shape index (κ1) is 6.57. The Labute approximate surface area is 55.6 Å². The summed E-state index contributed by atoms with van der Waals surface area (Å²) in [7, 11) is 0. The number of aliphatic hydroxyl groups excluding tert-OH is 1. The van der Waals surface area contributed by atoms with Crippen molar-refractivity contribution in [1.82, 2.24) is 5.32 Å². The second kappa shape index (κ2) is 2.36. The molecule has 4 nitrogen and oxygen atoms in total. The van der Waals surface area contributed by atoms with Gasteiger partial charge in [-0.15, -0.1) is 0 Å². The number of carbonyl (C=O) groups excluding carboxylic acids is 2. The zero-order valence-corrected chi connectivity index (χ0v) is 5.27. The number of nitrogens with one attached hydrogen (secondary N) is 1. The van der Waals surface area contributed by atoms with E-state index in [-0.39, 0.29) is 11.8 Å².